The fraction of sp³-hybridized carbons (Fsp3) is 0.200. The zero-order chi connectivity index (χ0) is 9.97. The van der Waals surface area contributed by atoms with Crippen LogP contribution in [0.1, 0.15) is 5.56 Å². The lowest BCUT2D eigenvalue weighted by Gasteiger charge is -2.04. The van der Waals surface area contributed by atoms with E-state index in [4.69, 9.17) is 21.9 Å². The second-order valence-electron chi connectivity index (χ2n) is 2.98. The largest absolute Gasteiger partial charge is 0.464 e. The molecule has 74 valence electrons. The average Bonchev–Trinajstić information content (AvgIpc) is 2.64. The van der Waals surface area contributed by atoms with E-state index in [1.54, 1.807) is 6.26 Å². The Bertz CT molecular complexity index is 439. The minimum absolute atomic E-state index is 0.448. The van der Waals surface area contributed by atoms with Crippen LogP contribution in [0, 0.1) is 0 Å². The molecule has 4 heteroatoms. The van der Waals surface area contributed by atoms with Gasteiger partial charge in [-0.1, -0.05) is 11.6 Å². The van der Waals surface area contributed by atoms with Crippen LogP contribution in [0.5, 0.6) is 0 Å². The third kappa shape index (κ3) is 1.62. The number of rotatable bonds is 3. The van der Waals surface area contributed by atoms with Crippen molar-refractivity contribution in [2.45, 2.75) is 6.42 Å². The highest BCUT2D eigenvalue weighted by Crippen LogP contribution is 2.27. The van der Waals surface area contributed by atoms with Gasteiger partial charge in [0.15, 0.2) is 0 Å². The minimum Gasteiger partial charge on any atom is -0.464 e. The summed E-state index contributed by atoms with van der Waals surface area (Å²) >= 11 is 6.06. The molecule has 1 heterocycles. The van der Waals surface area contributed by atoms with E-state index in [-0.39, 0.29) is 0 Å². The predicted molar refractivity (Wildman–Crippen MR) is 55.1 cm³/mol. The van der Waals surface area contributed by atoms with Crippen LogP contribution in [0.4, 0.5) is 0 Å². The van der Waals surface area contributed by atoms with Gasteiger partial charge in [0, 0.05) is 10.4 Å². The summed E-state index contributed by atoms with van der Waals surface area (Å²) in [6.07, 6.45) is 2.33. The Kier molecular flexibility index (Phi) is 2.72. The number of benzene rings is 1. The first-order valence-corrected chi connectivity index (χ1v) is 4.67. The van der Waals surface area contributed by atoms with Crippen LogP contribution < -0.4 is 5.90 Å². The van der Waals surface area contributed by atoms with Gasteiger partial charge in [0.2, 0.25) is 0 Å². The molecule has 0 aliphatic rings. The number of fused-ring (bicyclic) bond motifs is 1. The quantitative estimate of drug-likeness (QED) is 0.794. The molecular weight excluding hydrogens is 202 g/mol. The Hall–Kier alpha value is -1.03. The van der Waals surface area contributed by atoms with Gasteiger partial charge < -0.3 is 9.25 Å². The van der Waals surface area contributed by atoms with Crippen molar-refractivity contribution in [2.24, 2.45) is 5.90 Å². The van der Waals surface area contributed by atoms with Crippen LogP contribution in [0.15, 0.2) is 28.9 Å². The van der Waals surface area contributed by atoms with Gasteiger partial charge in [0.05, 0.1) is 12.9 Å². The highest BCUT2D eigenvalue weighted by atomic mass is 35.5. The lowest BCUT2D eigenvalue weighted by atomic mass is 10.1. The van der Waals surface area contributed by atoms with Crippen LogP contribution in [-0.2, 0) is 11.3 Å². The molecule has 2 N–H and O–H groups in total. The highest BCUT2D eigenvalue weighted by Gasteiger charge is 2.07. The smallest absolute Gasteiger partial charge is 0.134 e. The molecule has 3 nitrogen and oxygen atoms in total. The minimum atomic E-state index is 0.448. The normalized spacial score (nSPS) is 11.0. The van der Waals surface area contributed by atoms with Crippen molar-refractivity contribution in [3.8, 4) is 0 Å². The summed E-state index contributed by atoms with van der Waals surface area (Å²) in [5.74, 6) is 4.98. The van der Waals surface area contributed by atoms with Gasteiger partial charge in [-0.25, -0.2) is 5.90 Å². The lowest BCUT2D eigenvalue weighted by Crippen LogP contribution is -2.04. The van der Waals surface area contributed by atoms with E-state index < -0.39 is 0 Å². The maximum Gasteiger partial charge on any atom is 0.134 e. The second kappa shape index (κ2) is 4.00. The molecule has 0 spiro atoms. The first-order chi connectivity index (χ1) is 6.83. The van der Waals surface area contributed by atoms with Crippen molar-refractivity contribution in [3.05, 3.63) is 35.0 Å². The fourth-order valence-electron chi connectivity index (χ4n) is 1.49. The summed E-state index contributed by atoms with van der Waals surface area (Å²) in [5, 5.41) is 1.74. The number of halogens is 1. The maximum atomic E-state index is 6.06. The summed E-state index contributed by atoms with van der Waals surface area (Å²) in [6, 6.07) is 5.57. The van der Waals surface area contributed by atoms with E-state index >= 15 is 0 Å². The molecule has 0 saturated carbocycles. The van der Waals surface area contributed by atoms with Gasteiger partial charge in [0.25, 0.3) is 0 Å². The Morgan fingerprint density at radius 3 is 3.00 bits per heavy atom. The van der Waals surface area contributed by atoms with Gasteiger partial charge in [-0.05, 0) is 30.2 Å². The zero-order valence-electron chi connectivity index (χ0n) is 7.50. The monoisotopic (exact) mass is 211 g/mol. The van der Waals surface area contributed by atoms with E-state index in [1.165, 1.54) is 0 Å². The Morgan fingerprint density at radius 1 is 1.36 bits per heavy atom. The van der Waals surface area contributed by atoms with E-state index in [0.717, 1.165) is 21.6 Å². The van der Waals surface area contributed by atoms with Crippen LogP contribution in [0.3, 0.4) is 0 Å². The SMILES string of the molecule is NOCCc1c(Cl)ccc2occc12. The van der Waals surface area contributed by atoms with Crippen molar-refractivity contribution in [1.29, 1.82) is 0 Å². The summed E-state index contributed by atoms with van der Waals surface area (Å²) in [7, 11) is 0. The average molecular weight is 212 g/mol. The van der Waals surface area contributed by atoms with Crippen LogP contribution in [0.2, 0.25) is 5.02 Å². The van der Waals surface area contributed by atoms with E-state index in [2.05, 4.69) is 4.84 Å². The zero-order valence-corrected chi connectivity index (χ0v) is 8.25. The molecule has 0 unspecified atom stereocenters. The van der Waals surface area contributed by atoms with Gasteiger partial charge in [-0.3, -0.25) is 0 Å². The Balaban J connectivity index is 2.47. The molecule has 0 aliphatic heterocycles. The summed E-state index contributed by atoms with van der Waals surface area (Å²) in [4.78, 5) is 4.54. The highest BCUT2D eigenvalue weighted by molar-refractivity contribution is 6.32. The van der Waals surface area contributed by atoms with E-state index in [1.807, 2.05) is 18.2 Å². The molecule has 0 fully saturated rings. The standard InChI is InChI=1S/C10H10ClNO2/c11-9-1-2-10-8(3-5-13-10)7(9)4-6-14-12/h1-3,5H,4,6,12H2. The maximum absolute atomic E-state index is 6.06. The van der Waals surface area contributed by atoms with Crippen molar-refractivity contribution >= 4 is 22.6 Å². The number of hydrogen-bond donors (Lipinski definition) is 1. The molecule has 2 aromatic rings. The molecule has 0 saturated heterocycles. The van der Waals surface area contributed by atoms with E-state index in [0.29, 0.717) is 13.0 Å². The Morgan fingerprint density at radius 2 is 2.21 bits per heavy atom. The third-order valence-electron chi connectivity index (χ3n) is 2.16. The molecule has 2 rings (SSSR count). The van der Waals surface area contributed by atoms with Gasteiger partial charge in [0.1, 0.15) is 5.58 Å². The van der Waals surface area contributed by atoms with Crippen molar-refractivity contribution < 1.29 is 9.25 Å². The van der Waals surface area contributed by atoms with Gasteiger partial charge in [-0.15, -0.1) is 0 Å². The van der Waals surface area contributed by atoms with Crippen molar-refractivity contribution in [1.82, 2.24) is 0 Å². The van der Waals surface area contributed by atoms with Crippen molar-refractivity contribution in [2.75, 3.05) is 6.61 Å². The fourth-order valence-corrected chi connectivity index (χ4v) is 1.75. The molecule has 0 amide bonds. The molecule has 0 atom stereocenters. The third-order valence-corrected chi connectivity index (χ3v) is 2.51. The first-order valence-electron chi connectivity index (χ1n) is 4.29. The molecule has 1 aromatic heterocycles. The van der Waals surface area contributed by atoms with Gasteiger partial charge >= 0.3 is 0 Å². The molecule has 0 radical (unpaired) electrons. The summed E-state index contributed by atoms with van der Waals surface area (Å²) < 4.78 is 5.26. The van der Waals surface area contributed by atoms with Crippen molar-refractivity contribution in [3.63, 3.8) is 0 Å². The molecular formula is C10H10ClNO2. The van der Waals surface area contributed by atoms with Crippen LogP contribution in [-0.4, -0.2) is 6.61 Å². The second-order valence-corrected chi connectivity index (χ2v) is 3.39. The molecule has 0 aliphatic carbocycles. The molecule has 14 heavy (non-hydrogen) atoms. The first kappa shape index (κ1) is 9.52. The lowest BCUT2D eigenvalue weighted by molar-refractivity contribution is 0.141. The summed E-state index contributed by atoms with van der Waals surface area (Å²) in [6.45, 7) is 0.448. The molecule has 0 bridgehead atoms. The predicted octanol–water partition coefficient (Wildman–Crippen LogP) is 2.52. The number of nitrogens with two attached hydrogens (primary N) is 1. The van der Waals surface area contributed by atoms with Crippen LogP contribution in [0.25, 0.3) is 11.0 Å². The van der Waals surface area contributed by atoms with E-state index in [9.17, 15) is 0 Å². The van der Waals surface area contributed by atoms with Crippen LogP contribution >= 0.6 is 11.6 Å². The number of furan rings is 1. The van der Waals surface area contributed by atoms with Gasteiger partial charge in [-0.2, -0.15) is 0 Å². The number of hydrogen-bond acceptors (Lipinski definition) is 3. The molecule has 1 aromatic carbocycles. The Labute approximate surface area is 86.3 Å². The topological polar surface area (TPSA) is 48.4 Å². The summed E-state index contributed by atoms with van der Waals surface area (Å²) in [5.41, 5.74) is 1.85.